The maximum absolute atomic E-state index is 12.9. The molecule has 0 unspecified atom stereocenters. The van der Waals surface area contributed by atoms with Crippen molar-refractivity contribution in [3.8, 4) is 11.1 Å². The average molecular weight is 682 g/mol. The van der Waals surface area contributed by atoms with Gasteiger partial charge in [-0.3, -0.25) is 4.98 Å². The summed E-state index contributed by atoms with van der Waals surface area (Å²) in [5.74, 6) is 0.858. The summed E-state index contributed by atoms with van der Waals surface area (Å²) in [5, 5.41) is 10.6. The Labute approximate surface area is 297 Å². The summed E-state index contributed by atoms with van der Waals surface area (Å²) in [5.41, 5.74) is 7.52. The highest BCUT2D eigenvalue weighted by molar-refractivity contribution is 5.88. The zero-order chi connectivity index (χ0) is 35.4. The molecule has 4 fully saturated rings. The van der Waals surface area contributed by atoms with E-state index >= 15 is 0 Å². The minimum absolute atomic E-state index is 0.244. The summed E-state index contributed by atoms with van der Waals surface area (Å²) < 4.78 is 6.29. The van der Waals surface area contributed by atoms with Crippen molar-refractivity contribution in [2.45, 2.75) is 105 Å². The van der Waals surface area contributed by atoms with Crippen molar-refractivity contribution in [1.82, 2.24) is 19.9 Å². The quantitative estimate of drug-likeness (QED) is 0.295. The summed E-state index contributed by atoms with van der Waals surface area (Å²) in [7, 11) is 0. The van der Waals surface area contributed by atoms with E-state index in [4.69, 9.17) is 19.7 Å². The summed E-state index contributed by atoms with van der Waals surface area (Å²) in [6.07, 6.45) is 6.14. The van der Waals surface area contributed by atoms with Crippen LogP contribution in [0.15, 0.2) is 30.5 Å². The summed E-state index contributed by atoms with van der Waals surface area (Å²) in [4.78, 5) is 37.6. The number of carboxylic acids is 1. The predicted molar refractivity (Wildman–Crippen MR) is 199 cm³/mol. The van der Waals surface area contributed by atoms with Gasteiger partial charge in [0.15, 0.2) is 6.10 Å². The molecule has 0 spiro atoms. The van der Waals surface area contributed by atoms with Crippen LogP contribution >= 0.6 is 0 Å². The number of ether oxygens (including phenoxy) is 1. The molecule has 5 aliphatic heterocycles. The Morgan fingerprint density at radius 3 is 2.36 bits per heavy atom. The summed E-state index contributed by atoms with van der Waals surface area (Å²) >= 11 is 0. The van der Waals surface area contributed by atoms with E-state index in [-0.39, 0.29) is 5.41 Å². The van der Waals surface area contributed by atoms with Crippen molar-refractivity contribution in [3.63, 3.8) is 0 Å². The lowest BCUT2D eigenvalue weighted by Crippen LogP contribution is -2.39. The number of benzene rings is 1. The number of fused-ring (bicyclic) bond motifs is 5. The third kappa shape index (κ3) is 7.06. The van der Waals surface area contributed by atoms with Crippen LogP contribution in [0.25, 0.3) is 11.1 Å². The molecule has 1 aromatic carbocycles. The third-order valence-electron chi connectivity index (χ3n) is 11.3. The van der Waals surface area contributed by atoms with Crippen LogP contribution in [0, 0.1) is 19.3 Å². The SMILES string of the molecule is Cc1nc(C)c([C@H](OC(C)(C)C)C(=O)O)c(N2CCC(C)(C)CC2)c1-c1ccc2c(c1)CCN(c1nccc(N3CCN4CCC3CC4)n1)C2. The number of rotatable bonds is 7. The van der Waals surface area contributed by atoms with Crippen LogP contribution in [0.2, 0.25) is 0 Å². The van der Waals surface area contributed by atoms with Gasteiger partial charge in [0.25, 0.3) is 0 Å². The first-order valence-corrected chi connectivity index (χ1v) is 18.6. The van der Waals surface area contributed by atoms with E-state index in [1.807, 2.05) is 33.9 Å². The van der Waals surface area contributed by atoms with Gasteiger partial charge in [-0.25, -0.2) is 9.78 Å². The van der Waals surface area contributed by atoms with Crippen molar-refractivity contribution in [1.29, 1.82) is 0 Å². The largest absolute Gasteiger partial charge is 0.479 e. The first kappa shape index (κ1) is 34.7. The number of carboxylic acid groups (broad SMARTS) is 1. The van der Waals surface area contributed by atoms with Gasteiger partial charge < -0.3 is 29.4 Å². The monoisotopic (exact) mass is 681 g/mol. The Morgan fingerprint density at radius 2 is 1.66 bits per heavy atom. The van der Waals surface area contributed by atoms with E-state index in [0.717, 1.165) is 92.8 Å². The van der Waals surface area contributed by atoms with Gasteiger partial charge in [-0.05, 0) is 94.9 Å². The molecule has 268 valence electrons. The van der Waals surface area contributed by atoms with Gasteiger partial charge in [-0.2, -0.15) is 4.98 Å². The van der Waals surface area contributed by atoms with Gasteiger partial charge >= 0.3 is 5.97 Å². The van der Waals surface area contributed by atoms with Gasteiger partial charge in [0.05, 0.1) is 11.3 Å². The first-order valence-electron chi connectivity index (χ1n) is 18.6. The van der Waals surface area contributed by atoms with Gasteiger partial charge in [-0.15, -0.1) is 0 Å². The highest BCUT2D eigenvalue weighted by Crippen LogP contribution is 2.45. The fourth-order valence-electron chi connectivity index (χ4n) is 8.47. The minimum atomic E-state index is -1.13. The van der Waals surface area contributed by atoms with Crippen LogP contribution in [0.1, 0.15) is 94.5 Å². The number of nitrogens with zero attached hydrogens (tertiary/aromatic N) is 7. The van der Waals surface area contributed by atoms with E-state index in [9.17, 15) is 9.90 Å². The van der Waals surface area contributed by atoms with E-state index in [2.05, 4.69) is 64.6 Å². The molecule has 1 atom stereocenters. The lowest BCUT2D eigenvalue weighted by molar-refractivity contribution is -0.160. The molecule has 2 bridgehead atoms. The van der Waals surface area contributed by atoms with Gasteiger partial charge in [0.2, 0.25) is 5.95 Å². The van der Waals surface area contributed by atoms with Crippen LogP contribution in [0.3, 0.4) is 0 Å². The molecular formula is C40H55N7O3. The molecule has 10 nitrogen and oxygen atoms in total. The Balaban J connectivity index is 1.22. The lowest BCUT2D eigenvalue weighted by Gasteiger charge is -2.41. The van der Waals surface area contributed by atoms with Crippen molar-refractivity contribution in [2.24, 2.45) is 5.41 Å². The second-order valence-corrected chi connectivity index (χ2v) is 16.7. The van der Waals surface area contributed by atoms with E-state index in [1.165, 1.54) is 37.1 Å². The molecule has 0 aliphatic carbocycles. The molecule has 10 heteroatoms. The number of carbonyl (C=O) groups is 1. The number of hydrogen-bond donors (Lipinski definition) is 1. The van der Waals surface area contributed by atoms with Crippen molar-refractivity contribution < 1.29 is 14.6 Å². The zero-order valence-corrected chi connectivity index (χ0v) is 31.1. The highest BCUT2D eigenvalue weighted by Gasteiger charge is 2.37. The fourth-order valence-corrected chi connectivity index (χ4v) is 8.47. The number of aliphatic carboxylic acids is 1. The van der Waals surface area contributed by atoms with E-state index in [1.54, 1.807) is 0 Å². The normalized spacial score (nSPS) is 22.7. The molecule has 4 saturated heterocycles. The van der Waals surface area contributed by atoms with Crippen LogP contribution in [-0.2, 0) is 22.5 Å². The molecular weight excluding hydrogens is 626 g/mol. The zero-order valence-electron chi connectivity index (χ0n) is 31.1. The second-order valence-electron chi connectivity index (χ2n) is 16.7. The number of anilines is 3. The Morgan fingerprint density at radius 1 is 0.920 bits per heavy atom. The van der Waals surface area contributed by atoms with Gasteiger partial charge in [-0.1, -0.05) is 32.0 Å². The first-order chi connectivity index (χ1) is 23.8. The van der Waals surface area contributed by atoms with Crippen molar-refractivity contribution in [3.05, 3.63) is 58.5 Å². The summed E-state index contributed by atoms with van der Waals surface area (Å²) in [6.45, 7) is 22.2. The minimum Gasteiger partial charge on any atom is -0.479 e. The third-order valence-corrected chi connectivity index (χ3v) is 11.3. The molecule has 5 aliphatic rings. The smallest absolute Gasteiger partial charge is 0.337 e. The summed E-state index contributed by atoms with van der Waals surface area (Å²) in [6, 6.07) is 9.39. The maximum Gasteiger partial charge on any atom is 0.337 e. The molecule has 3 aromatic rings. The molecule has 0 saturated carbocycles. The molecule has 0 amide bonds. The molecule has 8 rings (SSSR count). The topological polar surface area (TPSA) is 98.2 Å². The van der Waals surface area contributed by atoms with Crippen molar-refractivity contribution in [2.75, 3.05) is 60.5 Å². The van der Waals surface area contributed by atoms with Crippen LogP contribution in [0.5, 0.6) is 0 Å². The number of hydrogen-bond acceptors (Lipinski definition) is 9. The van der Waals surface area contributed by atoms with E-state index in [0.29, 0.717) is 17.3 Å². The molecule has 0 radical (unpaired) electrons. The Kier molecular flexibility index (Phi) is 9.30. The maximum atomic E-state index is 12.9. The van der Waals surface area contributed by atoms with Crippen LogP contribution < -0.4 is 14.7 Å². The number of aryl methyl sites for hydroxylation is 2. The Hall–Kier alpha value is -3.76. The number of piperidine rings is 2. The van der Waals surface area contributed by atoms with Gasteiger partial charge in [0.1, 0.15) is 5.82 Å². The Bertz CT molecular complexity index is 1730. The van der Waals surface area contributed by atoms with Crippen molar-refractivity contribution >= 4 is 23.4 Å². The molecule has 2 aromatic heterocycles. The lowest BCUT2D eigenvalue weighted by atomic mass is 9.81. The van der Waals surface area contributed by atoms with Gasteiger partial charge in [0, 0.05) is 87.1 Å². The number of aromatic nitrogens is 3. The van der Waals surface area contributed by atoms with Crippen LogP contribution in [0.4, 0.5) is 17.5 Å². The molecule has 1 N–H and O–H groups in total. The van der Waals surface area contributed by atoms with E-state index < -0.39 is 17.7 Å². The molecule has 50 heavy (non-hydrogen) atoms. The molecule has 7 heterocycles. The second kappa shape index (κ2) is 13.4. The van der Waals surface area contributed by atoms with Crippen LogP contribution in [-0.4, -0.2) is 88.4 Å². The highest BCUT2D eigenvalue weighted by atomic mass is 16.5. The fraction of sp³-hybridized carbons (Fsp3) is 0.600. The number of pyridine rings is 1. The predicted octanol–water partition coefficient (Wildman–Crippen LogP) is 6.57. The standard InChI is InChI=1S/C40H55N7O3/c1-26-33(35(45-20-14-40(6,7)15-21-45)34(27(2)42-26)36(37(48)49)50-39(3,4)5)29-8-9-30-25-46(19-11-28(30)24-29)38-41-16-10-32(43-38)47-23-22-44-17-12-31(47)13-18-44/h8-10,16,24,31,36H,11-15,17-23,25H2,1-7H3,(H,48,49)/t36-/m0/s1. The average Bonchev–Trinajstić information content (AvgIpc) is 3.41.